The molecule has 0 spiro atoms. The molecule has 0 unspecified atom stereocenters. The van der Waals surface area contributed by atoms with Gasteiger partial charge in [-0.25, -0.2) is 14.4 Å². The van der Waals surface area contributed by atoms with Crippen LogP contribution in [0.2, 0.25) is 5.15 Å². The van der Waals surface area contributed by atoms with E-state index in [-0.39, 0.29) is 11.1 Å². The molecule has 0 aliphatic rings. The van der Waals surface area contributed by atoms with E-state index in [1.165, 1.54) is 12.3 Å². The Morgan fingerprint density at radius 3 is 2.79 bits per heavy atom. The molecule has 76 valence electrons. The molecule has 0 aliphatic carbocycles. The van der Waals surface area contributed by atoms with E-state index < -0.39 is 11.6 Å². The predicted molar refractivity (Wildman–Crippen MR) is 50.9 cm³/mol. The molecule has 0 saturated carbocycles. The highest BCUT2D eigenvalue weighted by atomic mass is 35.5. The zero-order valence-electron chi connectivity index (χ0n) is 7.71. The zero-order valence-corrected chi connectivity index (χ0v) is 8.47. The molecular formula is C8H9ClFN3O. The lowest BCUT2D eigenvalue weighted by atomic mass is 10.1. The number of aromatic nitrogens is 2. The van der Waals surface area contributed by atoms with Crippen LogP contribution in [0.1, 0.15) is 13.8 Å². The number of anilines is 1. The molecule has 14 heavy (non-hydrogen) atoms. The summed E-state index contributed by atoms with van der Waals surface area (Å²) in [5.74, 6) is -0.812. The Balaban J connectivity index is 2.75. The quantitative estimate of drug-likeness (QED) is 0.769. The summed E-state index contributed by atoms with van der Waals surface area (Å²) in [4.78, 5) is 18.5. The summed E-state index contributed by atoms with van der Waals surface area (Å²) in [6.45, 7) is 2.29. The molecule has 1 N–H and O–H groups in total. The van der Waals surface area contributed by atoms with Crippen molar-refractivity contribution < 1.29 is 9.18 Å². The standard InChI is InChI=1S/C8H9ClFN3O/c1-8(2,10)6(14)13-7-11-4-3-5(9)12-7/h3-4H,1-2H3,(H,11,12,13,14). The van der Waals surface area contributed by atoms with Crippen molar-refractivity contribution >= 4 is 23.5 Å². The molecule has 1 amide bonds. The molecule has 1 aromatic rings. The van der Waals surface area contributed by atoms with Crippen molar-refractivity contribution in [3.05, 3.63) is 17.4 Å². The van der Waals surface area contributed by atoms with Crippen LogP contribution in [-0.2, 0) is 4.79 Å². The Kier molecular flexibility index (Phi) is 3.00. The van der Waals surface area contributed by atoms with Crippen LogP contribution >= 0.6 is 11.6 Å². The summed E-state index contributed by atoms with van der Waals surface area (Å²) in [6, 6.07) is 1.46. The van der Waals surface area contributed by atoms with Crippen LogP contribution in [0.15, 0.2) is 12.3 Å². The molecule has 1 heterocycles. The van der Waals surface area contributed by atoms with Gasteiger partial charge in [-0.1, -0.05) is 11.6 Å². The van der Waals surface area contributed by atoms with E-state index in [1.807, 2.05) is 0 Å². The fraction of sp³-hybridized carbons (Fsp3) is 0.375. The molecule has 4 nitrogen and oxygen atoms in total. The molecule has 0 bridgehead atoms. The minimum absolute atomic E-state index is 0.00627. The van der Waals surface area contributed by atoms with Gasteiger partial charge in [0.2, 0.25) is 5.95 Å². The minimum Gasteiger partial charge on any atom is -0.292 e. The summed E-state index contributed by atoms with van der Waals surface area (Å²) < 4.78 is 13.1. The second-order valence-electron chi connectivity index (χ2n) is 3.13. The van der Waals surface area contributed by atoms with Crippen LogP contribution in [0.3, 0.4) is 0 Å². The zero-order chi connectivity index (χ0) is 10.8. The molecule has 0 aromatic carbocycles. The molecule has 0 saturated heterocycles. The van der Waals surface area contributed by atoms with Crippen LogP contribution < -0.4 is 5.32 Å². The van der Waals surface area contributed by atoms with Crippen molar-refractivity contribution in [3.8, 4) is 0 Å². The Morgan fingerprint density at radius 2 is 2.29 bits per heavy atom. The van der Waals surface area contributed by atoms with Gasteiger partial charge in [-0.05, 0) is 19.9 Å². The van der Waals surface area contributed by atoms with Crippen molar-refractivity contribution in [2.24, 2.45) is 0 Å². The average Bonchev–Trinajstić information content (AvgIpc) is 2.02. The molecule has 1 rings (SSSR count). The van der Waals surface area contributed by atoms with E-state index in [0.717, 1.165) is 13.8 Å². The third kappa shape index (κ3) is 2.92. The maximum atomic E-state index is 13.1. The van der Waals surface area contributed by atoms with Crippen molar-refractivity contribution in [1.82, 2.24) is 9.97 Å². The molecule has 0 radical (unpaired) electrons. The van der Waals surface area contributed by atoms with E-state index in [1.54, 1.807) is 0 Å². The number of hydrogen-bond acceptors (Lipinski definition) is 3. The fourth-order valence-electron chi connectivity index (χ4n) is 0.647. The van der Waals surface area contributed by atoms with Gasteiger partial charge in [-0.3, -0.25) is 10.1 Å². The second-order valence-corrected chi connectivity index (χ2v) is 3.52. The van der Waals surface area contributed by atoms with E-state index >= 15 is 0 Å². The first-order chi connectivity index (χ1) is 6.39. The smallest absolute Gasteiger partial charge is 0.263 e. The van der Waals surface area contributed by atoms with Gasteiger partial charge >= 0.3 is 0 Å². The molecule has 0 fully saturated rings. The topological polar surface area (TPSA) is 54.9 Å². The number of hydrogen-bond donors (Lipinski definition) is 1. The Bertz CT molecular complexity index is 351. The summed E-state index contributed by atoms with van der Waals surface area (Å²) in [5, 5.41) is 2.39. The van der Waals surface area contributed by atoms with Crippen molar-refractivity contribution in [2.75, 3.05) is 5.32 Å². The lowest BCUT2D eigenvalue weighted by Gasteiger charge is -2.12. The molecular weight excluding hydrogens is 209 g/mol. The van der Waals surface area contributed by atoms with Crippen molar-refractivity contribution in [1.29, 1.82) is 0 Å². The molecule has 6 heteroatoms. The normalized spacial score (nSPS) is 11.1. The van der Waals surface area contributed by atoms with Crippen LogP contribution in [0, 0.1) is 0 Å². The number of carbonyl (C=O) groups is 1. The largest absolute Gasteiger partial charge is 0.292 e. The minimum atomic E-state index is -1.97. The fourth-order valence-corrected chi connectivity index (χ4v) is 0.783. The monoisotopic (exact) mass is 217 g/mol. The Labute approximate surface area is 85.5 Å². The van der Waals surface area contributed by atoms with Crippen LogP contribution in [0.5, 0.6) is 0 Å². The van der Waals surface area contributed by atoms with Crippen molar-refractivity contribution in [3.63, 3.8) is 0 Å². The van der Waals surface area contributed by atoms with Crippen LogP contribution in [0.25, 0.3) is 0 Å². The third-order valence-corrected chi connectivity index (χ3v) is 1.60. The van der Waals surface area contributed by atoms with Gasteiger partial charge < -0.3 is 0 Å². The van der Waals surface area contributed by atoms with Gasteiger partial charge in [0.25, 0.3) is 5.91 Å². The lowest BCUT2D eigenvalue weighted by Crippen LogP contribution is -2.33. The van der Waals surface area contributed by atoms with Gasteiger partial charge in [-0.15, -0.1) is 0 Å². The highest BCUT2D eigenvalue weighted by molar-refractivity contribution is 6.29. The number of halogens is 2. The Morgan fingerprint density at radius 1 is 1.64 bits per heavy atom. The summed E-state index contributed by atoms with van der Waals surface area (Å²) in [6.07, 6.45) is 1.37. The maximum Gasteiger partial charge on any atom is 0.263 e. The molecule has 0 atom stereocenters. The number of amides is 1. The van der Waals surface area contributed by atoms with Gasteiger partial charge in [0.05, 0.1) is 0 Å². The molecule has 1 aromatic heterocycles. The lowest BCUT2D eigenvalue weighted by molar-refractivity contribution is -0.125. The first kappa shape index (κ1) is 10.8. The summed E-state index contributed by atoms with van der Waals surface area (Å²) in [5.41, 5.74) is -1.97. The summed E-state index contributed by atoms with van der Waals surface area (Å²) >= 11 is 5.55. The maximum absolute atomic E-state index is 13.1. The van der Waals surface area contributed by atoms with Crippen molar-refractivity contribution in [2.45, 2.75) is 19.5 Å². The third-order valence-electron chi connectivity index (χ3n) is 1.39. The van der Waals surface area contributed by atoms with Gasteiger partial charge in [0.15, 0.2) is 5.67 Å². The Hall–Kier alpha value is -1.23. The van der Waals surface area contributed by atoms with Gasteiger partial charge in [0.1, 0.15) is 5.15 Å². The number of nitrogens with one attached hydrogen (secondary N) is 1. The first-order valence-electron chi connectivity index (χ1n) is 3.88. The summed E-state index contributed by atoms with van der Waals surface area (Å²) in [7, 11) is 0. The predicted octanol–water partition coefficient (Wildman–Crippen LogP) is 1.82. The van der Waals surface area contributed by atoms with Crippen LogP contribution in [-0.4, -0.2) is 21.5 Å². The number of rotatable bonds is 2. The van der Waals surface area contributed by atoms with E-state index in [0.29, 0.717) is 0 Å². The number of carbonyl (C=O) groups excluding carboxylic acids is 1. The highest BCUT2D eigenvalue weighted by Gasteiger charge is 2.27. The van der Waals surface area contributed by atoms with E-state index in [4.69, 9.17) is 11.6 Å². The second kappa shape index (κ2) is 3.88. The number of nitrogens with zero attached hydrogens (tertiary/aromatic N) is 2. The highest BCUT2D eigenvalue weighted by Crippen LogP contribution is 2.12. The van der Waals surface area contributed by atoms with Gasteiger partial charge in [-0.2, -0.15) is 0 Å². The van der Waals surface area contributed by atoms with Crippen LogP contribution in [0.4, 0.5) is 10.3 Å². The average molecular weight is 218 g/mol. The first-order valence-corrected chi connectivity index (χ1v) is 4.26. The SMILES string of the molecule is CC(C)(F)C(=O)Nc1nccc(Cl)n1. The molecule has 0 aliphatic heterocycles. The van der Waals surface area contributed by atoms with Gasteiger partial charge in [0, 0.05) is 6.20 Å². The van der Waals surface area contributed by atoms with E-state index in [9.17, 15) is 9.18 Å². The van der Waals surface area contributed by atoms with E-state index in [2.05, 4.69) is 15.3 Å². The number of alkyl halides is 1.